The molecule has 1 aromatic carbocycles. The molecule has 26 heavy (non-hydrogen) atoms. The number of carbonyl (C=O) groups excluding carboxylic acids is 1. The maximum absolute atomic E-state index is 13.1. The van der Waals surface area contributed by atoms with Crippen molar-refractivity contribution >= 4 is 11.9 Å². The Labute approximate surface area is 149 Å². The van der Waals surface area contributed by atoms with Crippen LogP contribution < -0.4 is 15.4 Å². The molecular formula is C16H22F4N4O2. The van der Waals surface area contributed by atoms with Crippen LogP contribution in [0.25, 0.3) is 0 Å². The number of hydrogen-bond acceptors (Lipinski definition) is 3. The van der Waals surface area contributed by atoms with Crippen LogP contribution >= 0.6 is 0 Å². The van der Waals surface area contributed by atoms with Crippen molar-refractivity contribution in [2.75, 3.05) is 33.7 Å². The highest BCUT2D eigenvalue weighted by molar-refractivity contribution is 5.86. The van der Waals surface area contributed by atoms with Crippen molar-refractivity contribution in [3.8, 4) is 5.75 Å². The van der Waals surface area contributed by atoms with Gasteiger partial charge in [0.05, 0.1) is 13.1 Å². The van der Waals surface area contributed by atoms with Crippen molar-refractivity contribution in [1.29, 1.82) is 0 Å². The predicted molar refractivity (Wildman–Crippen MR) is 89.5 cm³/mol. The van der Waals surface area contributed by atoms with E-state index in [2.05, 4.69) is 15.6 Å². The van der Waals surface area contributed by atoms with Gasteiger partial charge in [-0.05, 0) is 19.1 Å². The Bertz CT molecular complexity index is 623. The van der Waals surface area contributed by atoms with E-state index >= 15 is 0 Å². The van der Waals surface area contributed by atoms with Gasteiger partial charge in [-0.25, -0.2) is 4.39 Å². The second kappa shape index (κ2) is 9.83. The molecule has 0 spiro atoms. The molecule has 2 N–H and O–H groups in total. The minimum absolute atomic E-state index is 0.230. The van der Waals surface area contributed by atoms with Crippen LogP contribution in [-0.2, 0) is 4.79 Å². The highest BCUT2D eigenvalue weighted by Gasteiger charge is 2.31. The van der Waals surface area contributed by atoms with Crippen molar-refractivity contribution in [3.63, 3.8) is 0 Å². The lowest BCUT2D eigenvalue weighted by atomic mass is 10.3. The molecule has 0 aliphatic rings. The van der Waals surface area contributed by atoms with E-state index in [0.717, 1.165) is 7.05 Å². The van der Waals surface area contributed by atoms with Gasteiger partial charge < -0.3 is 20.3 Å². The molecular weight excluding hydrogens is 356 g/mol. The summed E-state index contributed by atoms with van der Waals surface area (Å²) < 4.78 is 55.4. The fraction of sp³-hybridized carbons (Fsp3) is 0.500. The number of likely N-dealkylation sites (N-methyl/N-ethyl adjacent to an activating group) is 1. The highest BCUT2D eigenvalue weighted by Crippen LogP contribution is 2.15. The van der Waals surface area contributed by atoms with Crippen LogP contribution in [0.15, 0.2) is 29.3 Å². The number of alkyl halides is 3. The molecule has 0 radical (unpaired) electrons. The fourth-order valence-corrected chi connectivity index (χ4v) is 1.93. The normalized spacial score (nSPS) is 13.1. The minimum Gasteiger partial charge on any atom is -0.489 e. The van der Waals surface area contributed by atoms with E-state index in [-0.39, 0.29) is 25.2 Å². The van der Waals surface area contributed by atoms with Gasteiger partial charge in [-0.1, -0.05) is 6.07 Å². The lowest BCUT2D eigenvalue weighted by Gasteiger charge is -2.21. The summed E-state index contributed by atoms with van der Waals surface area (Å²) in [5.74, 6) is -0.546. The van der Waals surface area contributed by atoms with Crippen LogP contribution in [0.4, 0.5) is 17.6 Å². The van der Waals surface area contributed by atoms with Gasteiger partial charge in [0.25, 0.3) is 0 Å². The summed E-state index contributed by atoms with van der Waals surface area (Å²) in [6, 6.07) is 5.68. The zero-order valence-corrected chi connectivity index (χ0v) is 14.7. The molecule has 0 aromatic heterocycles. The lowest BCUT2D eigenvalue weighted by molar-refractivity contribution is -0.157. The summed E-state index contributed by atoms with van der Waals surface area (Å²) in [7, 11) is 2.53. The van der Waals surface area contributed by atoms with E-state index in [0.29, 0.717) is 10.6 Å². The van der Waals surface area contributed by atoms with Gasteiger partial charge in [-0.15, -0.1) is 0 Å². The van der Waals surface area contributed by atoms with Crippen LogP contribution in [0.3, 0.4) is 0 Å². The van der Waals surface area contributed by atoms with Crippen molar-refractivity contribution in [1.82, 2.24) is 15.5 Å². The van der Waals surface area contributed by atoms with Crippen molar-refractivity contribution < 1.29 is 27.1 Å². The topological polar surface area (TPSA) is 66.0 Å². The molecule has 146 valence electrons. The molecule has 0 bridgehead atoms. The van der Waals surface area contributed by atoms with E-state index in [1.54, 1.807) is 13.0 Å². The van der Waals surface area contributed by atoms with E-state index in [9.17, 15) is 22.4 Å². The third-order valence-corrected chi connectivity index (χ3v) is 3.16. The summed E-state index contributed by atoms with van der Waals surface area (Å²) in [4.78, 5) is 16.1. The number of rotatable bonds is 7. The summed E-state index contributed by atoms with van der Waals surface area (Å²) in [6.45, 7) is 0.361. The van der Waals surface area contributed by atoms with E-state index < -0.39 is 24.4 Å². The number of aliphatic imine (C=N–C) groups is 1. The highest BCUT2D eigenvalue weighted by atomic mass is 19.4. The van der Waals surface area contributed by atoms with Gasteiger partial charge in [0.2, 0.25) is 5.91 Å². The quantitative estimate of drug-likeness (QED) is 0.431. The van der Waals surface area contributed by atoms with Crippen molar-refractivity contribution in [3.05, 3.63) is 30.1 Å². The van der Waals surface area contributed by atoms with Crippen LogP contribution in [0, 0.1) is 5.82 Å². The Hall–Kier alpha value is -2.52. The zero-order valence-electron chi connectivity index (χ0n) is 14.7. The number of carbonyl (C=O) groups is 1. The minimum atomic E-state index is -4.45. The van der Waals surface area contributed by atoms with Gasteiger partial charge in [-0.3, -0.25) is 9.79 Å². The van der Waals surface area contributed by atoms with E-state index in [4.69, 9.17) is 4.74 Å². The van der Waals surface area contributed by atoms with Crippen LogP contribution in [0.1, 0.15) is 6.92 Å². The third kappa shape index (κ3) is 8.54. The van der Waals surface area contributed by atoms with Crippen LogP contribution in [0.5, 0.6) is 5.75 Å². The Morgan fingerprint density at radius 2 is 2.04 bits per heavy atom. The SMILES string of the molecule is CN=C(NCC(=O)N(C)CC(F)(F)F)NCC(C)Oc1cccc(F)c1. The predicted octanol–water partition coefficient (Wildman–Crippen LogP) is 1.78. The second-order valence-corrected chi connectivity index (χ2v) is 5.56. The van der Waals surface area contributed by atoms with Crippen molar-refractivity contribution in [2.24, 2.45) is 4.99 Å². The number of ether oxygens (including phenoxy) is 1. The number of hydrogen-bond donors (Lipinski definition) is 2. The summed E-state index contributed by atoms with van der Waals surface area (Å²) in [5.41, 5.74) is 0. The summed E-state index contributed by atoms with van der Waals surface area (Å²) in [6.07, 6.45) is -4.80. The first-order valence-corrected chi connectivity index (χ1v) is 7.78. The second-order valence-electron chi connectivity index (χ2n) is 5.56. The number of halogens is 4. The first kappa shape index (κ1) is 21.5. The maximum Gasteiger partial charge on any atom is 0.406 e. The first-order valence-electron chi connectivity index (χ1n) is 7.78. The smallest absolute Gasteiger partial charge is 0.406 e. The van der Waals surface area contributed by atoms with Gasteiger partial charge in [-0.2, -0.15) is 13.2 Å². The molecule has 0 fully saturated rings. The molecule has 0 heterocycles. The molecule has 10 heteroatoms. The Morgan fingerprint density at radius 1 is 1.35 bits per heavy atom. The van der Waals surface area contributed by atoms with Crippen LogP contribution in [-0.4, -0.2) is 62.8 Å². The number of benzene rings is 1. The average Bonchev–Trinajstić information content (AvgIpc) is 2.53. The van der Waals surface area contributed by atoms with E-state index in [1.165, 1.54) is 25.2 Å². The zero-order chi connectivity index (χ0) is 19.7. The largest absolute Gasteiger partial charge is 0.489 e. The van der Waals surface area contributed by atoms with Crippen molar-refractivity contribution in [2.45, 2.75) is 19.2 Å². The van der Waals surface area contributed by atoms with Crippen LogP contribution in [0.2, 0.25) is 0 Å². The molecule has 1 amide bonds. The fourth-order valence-electron chi connectivity index (χ4n) is 1.93. The summed E-state index contributed by atoms with van der Waals surface area (Å²) in [5, 5.41) is 5.50. The molecule has 0 saturated carbocycles. The number of nitrogens with one attached hydrogen (secondary N) is 2. The first-order chi connectivity index (χ1) is 12.1. The third-order valence-electron chi connectivity index (χ3n) is 3.16. The van der Waals surface area contributed by atoms with Gasteiger partial charge in [0, 0.05) is 20.2 Å². The molecule has 1 atom stereocenters. The molecule has 0 saturated heterocycles. The molecule has 1 aromatic rings. The monoisotopic (exact) mass is 378 g/mol. The van der Waals surface area contributed by atoms with E-state index in [1.807, 2.05) is 0 Å². The van der Waals surface area contributed by atoms with Gasteiger partial charge in [0.15, 0.2) is 5.96 Å². The number of amides is 1. The molecule has 0 aliphatic carbocycles. The number of guanidine groups is 1. The average molecular weight is 378 g/mol. The molecule has 6 nitrogen and oxygen atoms in total. The van der Waals surface area contributed by atoms with Gasteiger partial charge >= 0.3 is 6.18 Å². The number of nitrogens with zero attached hydrogens (tertiary/aromatic N) is 2. The Balaban J connectivity index is 2.39. The molecule has 1 rings (SSSR count). The maximum atomic E-state index is 13.1. The standard InChI is InChI=1S/C16H22F4N4O2/c1-11(26-13-6-4-5-12(17)7-13)8-22-15(21-2)23-9-14(25)24(3)10-16(18,19)20/h4-7,11H,8-10H2,1-3H3,(H2,21,22,23). The summed E-state index contributed by atoms with van der Waals surface area (Å²) >= 11 is 0. The lowest BCUT2D eigenvalue weighted by Crippen LogP contribution is -2.47. The Morgan fingerprint density at radius 3 is 2.62 bits per heavy atom. The van der Waals surface area contributed by atoms with Gasteiger partial charge in [0.1, 0.15) is 24.2 Å². The molecule has 0 aliphatic heterocycles. The Kier molecular flexibility index (Phi) is 8.14. The molecule has 1 unspecified atom stereocenters.